The summed E-state index contributed by atoms with van der Waals surface area (Å²) in [5.74, 6) is -4.16. The molecule has 0 saturated carbocycles. The molecule has 2 aromatic carbocycles. The predicted molar refractivity (Wildman–Crippen MR) is 126 cm³/mol. The molecule has 1 saturated heterocycles. The Morgan fingerprint density at radius 2 is 1.78 bits per heavy atom. The average Bonchev–Trinajstić information content (AvgIpc) is 3.29. The lowest BCUT2D eigenvalue weighted by atomic mass is 9.73. The Morgan fingerprint density at radius 3 is 2.32 bits per heavy atom. The van der Waals surface area contributed by atoms with Gasteiger partial charge >= 0.3 is 18.1 Å². The second kappa shape index (κ2) is 11.4. The highest BCUT2D eigenvalue weighted by Crippen LogP contribution is 2.38. The first-order valence-corrected chi connectivity index (χ1v) is 11.4. The van der Waals surface area contributed by atoms with Crippen LogP contribution in [0.15, 0.2) is 42.6 Å². The first-order valence-electron chi connectivity index (χ1n) is 11.0. The van der Waals surface area contributed by atoms with Gasteiger partial charge in [-0.15, -0.1) is 0 Å². The van der Waals surface area contributed by atoms with Crippen molar-refractivity contribution in [1.29, 1.82) is 0 Å². The van der Waals surface area contributed by atoms with Crippen molar-refractivity contribution in [3.63, 3.8) is 0 Å². The third kappa shape index (κ3) is 6.96. The number of carboxylic acids is 2. The summed E-state index contributed by atoms with van der Waals surface area (Å²) in [6, 6.07) is 9.74. The Balaban J connectivity index is 0.000000479. The Hall–Kier alpha value is -3.22. The van der Waals surface area contributed by atoms with Gasteiger partial charge in [0, 0.05) is 21.4 Å². The number of aliphatic carboxylic acids is 2. The normalized spacial score (nSPS) is 16.6. The highest BCUT2D eigenvalue weighted by Gasteiger charge is 2.39. The van der Waals surface area contributed by atoms with Gasteiger partial charge in [-0.05, 0) is 62.8 Å². The number of hydrogen-bond acceptors (Lipinski definition) is 5. The maximum absolute atomic E-state index is 13.5. The van der Waals surface area contributed by atoms with Crippen LogP contribution in [-0.2, 0) is 19.7 Å². The number of aromatic amines is 1. The zero-order chi connectivity index (χ0) is 27.4. The number of rotatable bonds is 6. The van der Waals surface area contributed by atoms with Gasteiger partial charge in [0.2, 0.25) is 0 Å². The highest BCUT2D eigenvalue weighted by atomic mass is 35.5. The third-order valence-corrected chi connectivity index (χ3v) is 6.44. The Morgan fingerprint density at radius 1 is 1.19 bits per heavy atom. The molecule has 13 heteroatoms. The molecule has 3 N–H and O–H groups in total. The summed E-state index contributed by atoms with van der Waals surface area (Å²) < 4.78 is 51.3. The minimum Gasteiger partial charge on any atom is -0.479 e. The number of fused-ring (bicyclic) bond motifs is 1. The topological polar surface area (TPSA) is 116 Å². The van der Waals surface area contributed by atoms with E-state index in [1.165, 1.54) is 12.1 Å². The molecule has 8 nitrogen and oxygen atoms in total. The second-order valence-corrected chi connectivity index (χ2v) is 9.19. The van der Waals surface area contributed by atoms with E-state index >= 15 is 0 Å². The number of benzene rings is 2. The van der Waals surface area contributed by atoms with Crippen LogP contribution in [0.4, 0.5) is 17.6 Å². The molecule has 0 radical (unpaired) electrons. The van der Waals surface area contributed by atoms with Crippen molar-refractivity contribution in [2.24, 2.45) is 0 Å². The van der Waals surface area contributed by atoms with Crippen molar-refractivity contribution in [1.82, 2.24) is 15.1 Å². The summed E-state index contributed by atoms with van der Waals surface area (Å²) in [4.78, 5) is 23.2. The van der Waals surface area contributed by atoms with E-state index in [1.54, 1.807) is 30.5 Å². The van der Waals surface area contributed by atoms with Crippen LogP contribution in [0.5, 0.6) is 0 Å². The van der Waals surface area contributed by atoms with Gasteiger partial charge in [0.1, 0.15) is 5.82 Å². The summed E-state index contributed by atoms with van der Waals surface area (Å²) in [7, 11) is 2.05. The fourth-order valence-corrected chi connectivity index (χ4v) is 4.39. The van der Waals surface area contributed by atoms with Gasteiger partial charge in [-0.25, -0.2) is 14.0 Å². The van der Waals surface area contributed by atoms with Crippen molar-refractivity contribution in [2.45, 2.75) is 30.5 Å². The second-order valence-electron chi connectivity index (χ2n) is 8.75. The first kappa shape index (κ1) is 28.4. The van der Waals surface area contributed by atoms with Crippen LogP contribution in [0.25, 0.3) is 10.9 Å². The largest absolute Gasteiger partial charge is 0.490 e. The number of H-pyrrole nitrogens is 1. The number of piperidine rings is 1. The number of carbonyl (C=O) groups is 2. The fraction of sp³-hybridized carbons (Fsp3) is 0.375. The smallest absolute Gasteiger partial charge is 0.479 e. The minimum atomic E-state index is -5.08. The summed E-state index contributed by atoms with van der Waals surface area (Å²) in [5, 5.41) is 25.0. The van der Waals surface area contributed by atoms with Crippen LogP contribution in [-0.4, -0.2) is 70.2 Å². The molecule has 0 bridgehead atoms. The third-order valence-electron chi connectivity index (χ3n) is 6.22. The molecule has 0 aliphatic carbocycles. The van der Waals surface area contributed by atoms with Gasteiger partial charge in [-0.3, -0.25) is 5.10 Å². The number of hydrogen-bond donors (Lipinski definition) is 3. The van der Waals surface area contributed by atoms with E-state index in [-0.39, 0.29) is 17.8 Å². The van der Waals surface area contributed by atoms with E-state index in [0.717, 1.165) is 36.9 Å². The molecule has 37 heavy (non-hydrogen) atoms. The quantitative estimate of drug-likeness (QED) is 0.381. The maximum atomic E-state index is 13.5. The lowest BCUT2D eigenvalue weighted by Gasteiger charge is -2.41. The molecule has 2 heterocycles. The highest BCUT2D eigenvalue weighted by molar-refractivity contribution is 6.31. The average molecular weight is 546 g/mol. The Labute approximate surface area is 213 Å². The summed E-state index contributed by atoms with van der Waals surface area (Å²) in [6.07, 6.45) is -3.11. The first-order chi connectivity index (χ1) is 17.3. The monoisotopic (exact) mass is 545 g/mol. The molecule has 1 atom stereocenters. The lowest BCUT2D eigenvalue weighted by Crippen LogP contribution is -2.44. The van der Waals surface area contributed by atoms with Gasteiger partial charge in [0.25, 0.3) is 0 Å². The van der Waals surface area contributed by atoms with E-state index < -0.39 is 24.2 Å². The predicted octanol–water partition coefficient (Wildman–Crippen LogP) is 4.79. The number of aromatic nitrogens is 2. The zero-order valence-electron chi connectivity index (χ0n) is 19.6. The van der Waals surface area contributed by atoms with Crippen molar-refractivity contribution < 1.29 is 42.1 Å². The standard InChI is InChI=1S/C22H23ClFN3O3.C2HF3O2/c1-27-8-6-22(7-9-27,15-2-4-17(24)5-3-15)13-30-20(21(28)29)18-11-16(23)10-14-12-25-26-19(14)18;3-2(4,5)1(6)7/h2-5,10-12,20H,6-9,13H2,1H3,(H,25,26)(H,28,29);(H,6,7). The summed E-state index contributed by atoms with van der Waals surface area (Å²) in [6.45, 7) is 1.90. The van der Waals surface area contributed by atoms with E-state index in [4.69, 9.17) is 26.2 Å². The van der Waals surface area contributed by atoms with E-state index in [2.05, 4.69) is 22.1 Å². The van der Waals surface area contributed by atoms with Crippen LogP contribution < -0.4 is 0 Å². The number of alkyl halides is 3. The number of halogens is 5. The lowest BCUT2D eigenvalue weighted by molar-refractivity contribution is -0.192. The molecular formula is C24H24ClF4N3O5. The molecule has 0 amide bonds. The van der Waals surface area contributed by atoms with Gasteiger partial charge in [-0.2, -0.15) is 18.3 Å². The molecule has 1 aliphatic heterocycles. The van der Waals surface area contributed by atoms with Crippen LogP contribution >= 0.6 is 11.6 Å². The van der Waals surface area contributed by atoms with Crippen LogP contribution in [0.1, 0.15) is 30.1 Å². The molecule has 1 aromatic heterocycles. The van der Waals surface area contributed by atoms with Crippen LogP contribution in [0, 0.1) is 5.82 Å². The Bertz CT molecular complexity index is 1240. The maximum Gasteiger partial charge on any atom is 0.490 e. The van der Waals surface area contributed by atoms with Crippen molar-refractivity contribution in [3.05, 3.63) is 64.6 Å². The van der Waals surface area contributed by atoms with Crippen molar-refractivity contribution in [2.75, 3.05) is 26.7 Å². The van der Waals surface area contributed by atoms with Gasteiger partial charge in [0.15, 0.2) is 6.10 Å². The molecule has 1 unspecified atom stereocenters. The minimum absolute atomic E-state index is 0.200. The van der Waals surface area contributed by atoms with Crippen LogP contribution in [0.3, 0.4) is 0 Å². The molecular weight excluding hydrogens is 522 g/mol. The zero-order valence-corrected chi connectivity index (χ0v) is 20.3. The van der Waals surface area contributed by atoms with Gasteiger partial charge in [0.05, 0.1) is 18.3 Å². The number of ether oxygens (including phenoxy) is 1. The summed E-state index contributed by atoms with van der Waals surface area (Å²) >= 11 is 6.20. The van der Waals surface area contributed by atoms with E-state index in [9.17, 15) is 27.5 Å². The number of nitrogens with one attached hydrogen (secondary N) is 1. The van der Waals surface area contributed by atoms with Crippen LogP contribution in [0.2, 0.25) is 5.02 Å². The van der Waals surface area contributed by atoms with Crippen molar-refractivity contribution in [3.8, 4) is 0 Å². The molecule has 1 aliphatic rings. The molecule has 1 fully saturated rings. The fourth-order valence-electron chi connectivity index (χ4n) is 4.16. The molecule has 4 rings (SSSR count). The summed E-state index contributed by atoms with van der Waals surface area (Å²) in [5.41, 5.74) is 1.59. The Kier molecular flexibility index (Phi) is 8.77. The molecule has 200 valence electrons. The van der Waals surface area contributed by atoms with E-state index in [1.807, 2.05) is 0 Å². The number of nitrogens with zero attached hydrogens (tertiary/aromatic N) is 2. The number of likely N-dealkylation sites (tertiary alicyclic amines) is 1. The molecule has 0 spiro atoms. The van der Waals surface area contributed by atoms with E-state index in [0.29, 0.717) is 16.1 Å². The van der Waals surface area contributed by atoms with Gasteiger partial charge in [-0.1, -0.05) is 23.7 Å². The molecule has 3 aromatic rings. The number of carboxylic acid groups (broad SMARTS) is 2. The van der Waals surface area contributed by atoms with Crippen molar-refractivity contribution >= 4 is 34.4 Å². The van der Waals surface area contributed by atoms with Gasteiger partial charge < -0.3 is 19.8 Å². The SMILES string of the molecule is CN1CCC(COC(C(=O)O)c2cc(Cl)cc3cn[nH]c23)(c2ccc(F)cc2)CC1.O=C(O)C(F)(F)F.